The van der Waals surface area contributed by atoms with Crippen LogP contribution in [-0.4, -0.2) is 55.9 Å². The van der Waals surface area contributed by atoms with Crippen molar-refractivity contribution in [3.8, 4) is 0 Å². The quantitative estimate of drug-likeness (QED) is 0.795. The van der Waals surface area contributed by atoms with E-state index in [2.05, 4.69) is 9.88 Å². The van der Waals surface area contributed by atoms with Gasteiger partial charge >= 0.3 is 5.97 Å². The molecule has 2 aliphatic rings. The highest BCUT2D eigenvalue weighted by Crippen LogP contribution is 2.43. The highest BCUT2D eigenvalue weighted by Gasteiger charge is 2.52. The van der Waals surface area contributed by atoms with Crippen molar-refractivity contribution in [2.45, 2.75) is 69.9 Å². The number of aliphatic hydroxyl groups is 1. The Morgan fingerprint density at radius 2 is 2.07 bits per heavy atom. The van der Waals surface area contributed by atoms with E-state index in [0.29, 0.717) is 17.3 Å². The van der Waals surface area contributed by atoms with Gasteiger partial charge in [-0.2, -0.15) is 0 Å². The lowest BCUT2D eigenvalue weighted by Crippen LogP contribution is -2.68. The molecule has 0 spiro atoms. The van der Waals surface area contributed by atoms with Gasteiger partial charge in [0.05, 0.1) is 29.4 Å². The van der Waals surface area contributed by atoms with Crippen molar-refractivity contribution in [1.82, 2.24) is 14.5 Å². The fourth-order valence-electron chi connectivity index (χ4n) is 5.19. The molecule has 0 amide bonds. The molecule has 1 N–H and O–H groups in total. The molecule has 2 saturated heterocycles. The number of nitrogens with zero attached hydrogens (tertiary/aromatic N) is 3. The van der Waals surface area contributed by atoms with Gasteiger partial charge in [0.1, 0.15) is 6.10 Å². The van der Waals surface area contributed by atoms with Crippen LogP contribution in [0, 0.1) is 0 Å². The van der Waals surface area contributed by atoms with Crippen molar-refractivity contribution in [3.63, 3.8) is 0 Å². The Morgan fingerprint density at radius 1 is 1.32 bits per heavy atom. The fourth-order valence-corrected chi connectivity index (χ4v) is 5.19. The fraction of sp³-hybridized carbons (Fsp3) is 0.571. The number of aromatic nitrogens is 2. The molecule has 150 valence electrons. The molecule has 28 heavy (non-hydrogen) atoms. The second-order valence-electron chi connectivity index (χ2n) is 8.43. The zero-order valence-electron chi connectivity index (χ0n) is 16.5. The second kappa shape index (κ2) is 6.97. The van der Waals surface area contributed by atoms with E-state index in [1.54, 1.807) is 17.0 Å². The predicted molar refractivity (Wildman–Crippen MR) is 105 cm³/mol. The van der Waals surface area contributed by atoms with E-state index in [4.69, 9.17) is 4.74 Å². The van der Waals surface area contributed by atoms with Crippen molar-refractivity contribution < 1.29 is 14.6 Å². The highest BCUT2D eigenvalue weighted by atomic mass is 16.5. The van der Waals surface area contributed by atoms with Crippen LogP contribution < -0.4 is 5.56 Å². The highest BCUT2D eigenvalue weighted by molar-refractivity contribution is 5.76. The summed E-state index contributed by atoms with van der Waals surface area (Å²) >= 11 is 0. The number of para-hydroxylation sites is 1. The standard InChI is InChI=1S/C21H27N3O4/c1-13(25)28-18-9-6-10-24-16(18)11-17(26)19(21(24,2)3)23-12-22-15-8-5-4-7-14(15)20(23)27/h4-5,7-8,12,16-19,26H,6,9-11H2,1-3H3/t16-,17+,18-,19+/m0/s1. The zero-order chi connectivity index (χ0) is 20.1. The maximum atomic E-state index is 13.2. The minimum Gasteiger partial charge on any atom is -0.461 e. The maximum absolute atomic E-state index is 13.2. The summed E-state index contributed by atoms with van der Waals surface area (Å²) in [5.41, 5.74) is 0.00196. The first kappa shape index (κ1) is 19.1. The second-order valence-corrected chi connectivity index (χ2v) is 8.43. The lowest BCUT2D eigenvalue weighted by molar-refractivity contribution is -0.169. The number of ether oxygens (including phenoxy) is 1. The van der Waals surface area contributed by atoms with Crippen LogP contribution in [-0.2, 0) is 9.53 Å². The number of hydrogen-bond acceptors (Lipinski definition) is 6. The number of fused-ring (bicyclic) bond motifs is 2. The van der Waals surface area contributed by atoms with Crippen LogP contribution in [0.25, 0.3) is 10.9 Å². The molecule has 7 nitrogen and oxygen atoms in total. The van der Waals surface area contributed by atoms with Gasteiger partial charge in [-0.3, -0.25) is 19.1 Å². The predicted octanol–water partition coefficient (Wildman–Crippen LogP) is 1.88. The number of carbonyl (C=O) groups is 1. The Hall–Kier alpha value is -2.25. The molecule has 2 aliphatic heterocycles. The molecular formula is C21H27N3O4. The van der Waals surface area contributed by atoms with Crippen LogP contribution in [0.4, 0.5) is 0 Å². The molecule has 0 unspecified atom stereocenters. The maximum Gasteiger partial charge on any atom is 0.302 e. The minimum absolute atomic E-state index is 0.0528. The van der Waals surface area contributed by atoms with Gasteiger partial charge in [0.2, 0.25) is 0 Å². The van der Waals surface area contributed by atoms with Crippen LogP contribution in [0.5, 0.6) is 0 Å². The molecule has 0 radical (unpaired) electrons. The lowest BCUT2D eigenvalue weighted by Gasteiger charge is -2.57. The molecule has 0 aliphatic carbocycles. The first-order valence-electron chi connectivity index (χ1n) is 9.88. The Labute approximate surface area is 163 Å². The summed E-state index contributed by atoms with van der Waals surface area (Å²) in [5, 5.41) is 11.6. The van der Waals surface area contributed by atoms with E-state index in [9.17, 15) is 14.7 Å². The average Bonchev–Trinajstić information content (AvgIpc) is 2.64. The van der Waals surface area contributed by atoms with Gasteiger partial charge in [-0.15, -0.1) is 0 Å². The number of rotatable bonds is 2. The summed E-state index contributed by atoms with van der Waals surface area (Å²) in [4.78, 5) is 31.4. The van der Waals surface area contributed by atoms with Crippen LogP contribution in [0.15, 0.2) is 35.4 Å². The monoisotopic (exact) mass is 385 g/mol. The van der Waals surface area contributed by atoms with Gasteiger partial charge in [-0.1, -0.05) is 12.1 Å². The van der Waals surface area contributed by atoms with E-state index >= 15 is 0 Å². The number of esters is 1. The molecule has 1 aromatic heterocycles. The number of piperidine rings is 2. The first-order chi connectivity index (χ1) is 13.3. The largest absolute Gasteiger partial charge is 0.461 e. The van der Waals surface area contributed by atoms with Crippen molar-refractivity contribution in [2.24, 2.45) is 0 Å². The number of benzene rings is 1. The summed E-state index contributed by atoms with van der Waals surface area (Å²) < 4.78 is 7.13. The van der Waals surface area contributed by atoms with E-state index in [-0.39, 0.29) is 23.7 Å². The van der Waals surface area contributed by atoms with Crippen LogP contribution in [0.3, 0.4) is 0 Å². The van der Waals surface area contributed by atoms with Crippen molar-refractivity contribution >= 4 is 16.9 Å². The molecule has 2 aromatic rings. The van der Waals surface area contributed by atoms with Gasteiger partial charge in [0, 0.05) is 18.5 Å². The molecular weight excluding hydrogens is 358 g/mol. The Kier molecular flexibility index (Phi) is 4.75. The van der Waals surface area contributed by atoms with Gasteiger partial charge in [0.15, 0.2) is 0 Å². The average molecular weight is 385 g/mol. The molecule has 0 saturated carbocycles. The summed E-state index contributed by atoms with van der Waals surface area (Å²) in [6.07, 6.45) is 2.73. The summed E-state index contributed by atoms with van der Waals surface area (Å²) in [7, 11) is 0. The third kappa shape index (κ3) is 3.02. The first-order valence-corrected chi connectivity index (χ1v) is 9.88. The molecule has 4 atom stereocenters. The Bertz CT molecular complexity index is 954. The van der Waals surface area contributed by atoms with Crippen molar-refractivity contribution in [3.05, 3.63) is 40.9 Å². The summed E-state index contributed by atoms with van der Waals surface area (Å²) in [6, 6.07) is 6.76. The smallest absolute Gasteiger partial charge is 0.302 e. The van der Waals surface area contributed by atoms with E-state index in [1.807, 2.05) is 32.0 Å². The number of hydrogen-bond donors (Lipinski definition) is 1. The summed E-state index contributed by atoms with van der Waals surface area (Å²) in [5.74, 6) is -0.295. The number of aliphatic hydroxyl groups excluding tert-OH is 1. The van der Waals surface area contributed by atoms with Crippen molar-refractivity contribution in [1.29, 1.82) is 0 Å². The normalized spacial score (nSPS) is 30.0. The minimum atomic E-state index is -0.743. The zero-order valence-corrected chi connectivity index (χ0v) is 16.5. The van der Waals surface area contributed by atoms with Gasteiger partial charge in [-0.05, 0) is 51.8 Å². The topological polar surface area (TPSA) is 84.7 Å². The molecule has 4 rings (SSSR count). The number of carbonyl (C=O) groups excluding carboxylic acids is 1. The molecule has 1 aromatic carbocycles. The van der Waals surface area contributed by atoms with Gasteiger partial charge < -0.3 is 9.84 Å². The van der Waals surface area contributed by atoms with Gasteiger partial charge in [-0.25, -0.2) is 4.98 Å². The third-order valence-corrected chi connectivity index (χ3v) is 6.34. The third-order valence-electron chi connectivity index (χ3n) is 6.34. The molecule has 0 bridgehead atoms. The van der Waals surface area contributed by atoms with E-state index in [0.717, 1.165) is 19.4 Å². The summed E-state index contributed by atoms with van der Waals surface area (Å²) in [6.45, 7) is 6.36. The SMILES string of the molecule is CC(=O)O[C@H]1CCCN2[C@H]1C[C@@H](O)[C@@H](n1cnc3ccccc3c1=O)C2(C)C. The van der Waals surface area contributed by atoms with Crippen molar-refractivity contribution in [2.75, 3.05) is 6.54 Å². The van der Waals surface area contributed by atoms with E-state index < -0.39 is 17.7 Å². The Balaban J connectivity index is 1.75. The van der Waals surface area contributed by atoms with Crippen LogP contribution >= 0.6 is 0 Å². The van der Waals surface area contributed by atoms with Crippen LogP contribution in [0.2, 0.25) is 0 Å². The molecule has 2 fully saturated rings. The molecule has 3 heterocycles. The van der Waals surface area contributed by atoms with E-state index in [1.165, 1.54) is 6.92 Å². The van der Waals surface area contributed by atoms with Crippen LogP contribution in [0.1, 0.15) is 46.1 Å². The lowest BCUT2D eigenvalue weighted by atomic mass is 9.75. The Morgan fingerprint density at radius 3 is 2.82 bits per heavy atom. The molecule has 7 heteroatoms. The van der Waals surface area contributed by atoms with Gasteiger partial charge in [0.25, 0.3) is 5.56 Å².